The fraction of sp³-hybridized carbons (Fsp3) is 0.938. The molecule has 2 fully saturated rings. The Morgan fingerprint density at radius 1 is 1.32 bits per heavy atom. The van der Waals surface area contributed by atoms with Crippen LogP contribution in [0.3, 0.4) is 0 Å². The second kappa shape index (κ2) is 5.82. The topological polar surface area (TPSA) is 40.5 Å². The van der Waals surface area contributed by atoms with Crippen molar-refractivity contribution < 1.29 is 9.90 Å². The number of aliphatic hydroxyl groups is 1. The molecule has 0 aromatic rings. The molecule has 1 saturated heterocycles. The number of amides is 1. The molecule has 0 aromatic carbocycles. The quantitative estimate of drug-likeness (QED) is 0.854. The Morgan fingerprint density at radius 2 is 2.05 bits per heavy atom. The molecule has 1 heterocycles. The molecule has 1 N–H and O–H groups in total. The van der Waals surface area contributed by atoms with Gasteiger partial charge in [-0.2, -0.15) is 0 Å². The number of piperidine rings is 1. The minimum atomic E-state index is -0.219. The third-order valence-electron chi connectivity index (χ3n) is 5.46. The fourth-order valence-corrected chi connectivity index (χ4v) is 3.82. The molecule has 0 bridgehead atoms. The zero-order chi connectivity index (χ0) is 14.0. The van der Waals surface area contributed by atoms with Crippen molar-refractivity contribution in [3.05, 3.63) is 0 Å². The molecular weight excluding hydrogens is 238 g/mol. The minimum Gasteiger partial charge on any atom is -0.393 e. The van der Waals surface area contributed by atoms with E-state index in [1.54, 1.807) is 0 Å². The summed E-state index contributed by atoms with van der Waals surface area (Å²) in [6, 6.07) is 0.256. The van der Waals surface area contributed by atoms with Crippen molar-refractivity contribution in [2.75, 3.05) is 6.54 Å². The monoisotopic (exact) mass is 267 g/mol. The number of hydrogen-bond acceptors (Lipinski definition) is 2. The highest BCUT2D eigenvalue weighted by atomic mass is 16.3. The van der Waals surface area contributed by atoms with E-state index in [0.29, 0.717) is 18.2 Å². The van der Waals surface area contributed by atoms with Gasteiger partial charge in [-0.05, 0) is 43.4 Å². The maximum Gasteiger partial charge on any atom is 0.222 e. The first-order valence-corrected chi connectivity index (χ1v) is 7.93. The average molecular weight is 267 g/mol. The van der Waals surface area contributed by atoms with Crippen molar-refractivity contribution in [3.63, 3.8) is 0 Å². The van der Waals surface area contributed by atoms with Crippen molar-refractivity contribution in [2.45, 2.75) is 77.9 Å². The summed E-state index contributed by atoms with van der Waals surface area (Å²) in [7, 11) is 0. The molecule has 3 unspecified atom stereocenters. The summed E-state index contributed by atoms with van der Waals surface area (Å²) in [5.41, 5.74) is 0.253. The first kappa shape index (κ1) is 14.8. The molecule has 0 radical (unpaired) electrons. The molecule has 1 aliphatic heterocycles. The van der Waals surface area contributed by atoms with Gasteiger partial charge in [0.05, 0.1) is 6.10 Å². The van der Waals surface area contributed by atoms with Crippen molar-refractivity contribution in [2.24, 2.45) is 11.3 Å². The molecule has 2 rings (SSSR count). The molecule has 0 spiro atoms. The van der Waals surface area contributed by atoms with Gasteiger partial charge in [0.1, 0.15) is 0 Å². The molecule has 3 atom stereocenters. The molecule has 1 aliphatic carbocycles. The number of nitrogens with zero attached hydrogens (tertiary/aromatic N) is 1. The van der Waals surface area contributed by atoms with E-state index in [1.807, 2.05) is 0 Å². The van der Waals surface area contributed by atoms with E-state index in [9.17, 15) is 9.90 Å². The Kier molecular flexibility index (Phi) is 4.54. The van der Waals surface area contributed by atoms with Crippen LogP contribution in [0.1, 0.15) is 65.7 Å². The second-order valence-corrected chi connectivity index (χ2v) is 7.03. The minimum absolute atomic E-state index is 0.219. The zero-order valence-corrected chi connectivity index (χ0v) is 12.7. The van der Waals surface area contributed by atoms with Crippen LogP contribution in [0.5, 0.6) is 0 Å². The summed E-state index contributed by atoms with van der Waals surface area (Å²) >= 11 is 0. The lowest BCUT2D eigenvalue weighted by molar-refractivity contribution is -0.141. The van der Waals surface area contributed by atoms with Crippen molar-refractivity contribution in [1.82, 2.24) is 4.90 Å². The largest absolute Gasteiger partial charge is 0.393 e. The normalized spacial score (nSPS) is 33.6. The predicted molar refractivity (Wildman–Crippen MR) is 76.8 cm³/mol. The Bertz CT molecular complexity index is 327. The van der Waals surface area contributed by atoms with Crippen LogP contribution in [0.2, 0.25) is 0 Å². The highest BCUT2D eigenvalue weighted by molar-refractivity contribution is 5.77. The standard InChI is InChI=1S/C16H29NO2/c1-4-16(2,3)13-9-8-12(18)11-14(13)17-10-6-5-7-15(17)19/h12-14,18H,4-11H2,1-3H3. The van der Waals surface area contributed by atoms with Crippen LogP contribution < -0.4 is 0 Å². The Balaban J connectivity index is 2.18. The van der Waals surface area contributed by atoms with Crippen LogP contribution in [0.15, 0.2) is 0 Å². The fourth-order valence-electron chi connectivity index (χ4n) is 3.82. The lowest BCUT2D eigenvalue weighted by atomic mass is 9.66. The van der Waals surface area contributed by atoms with E-state index in [-0.39, 0.29) is 17.6 Å². The molecule has 2 aliphatic rings. The number of hydrogen-bond donors (Lipinski definition) is 1. The number of likely N-dealkylation sites (tertiary alicyclic amines) is 1. The van der Waals surface area contributed by atoms with E-state index < -0.39 is 0 Å². The van der Waals surface area contributed by atoms with E-state index in [4.69, 9.17) is 0 Å². The Morgan fingerprint density at radius 3 is 2.68 bits per heavy atom. The maximum atomic E-state index is 12.2. The molecule has 1 amide bonds. The third-order valence-corrected chi connectivity index (χ3v) is 5.46. The Labute approximate surface area is 117 Å². The summed E-state index contributed by atoms with van der Waals surface area (Å²) in [5, 5.41) is 10.0. The SMILES string of the molecule is CCC(C)(C)C1CCC(O)CC1N1CCCCC1=O. The molecule has 0 aromatic heterocycles. The number of carbonyl (C=O) groups excluding carboxylic acids is 1. The summed E-state index contributed by atoms with van der Waals surface area (Å²) in [6.45, 7) is 7.76. The second-order valence-electron chi connectivity index (χ2n) is 7.03. The first-order valence-electron chi connectivity index (χ1n) is 7.93. The molecular formula is C16H29NO2. The lowest BCUT2D eigenvalue weighted by Crippen LogP contribution is -2.53. The van der Waals surface area contributed by atoms with Crippen LogP contribution in [0.4, 0.5) is 0 Å². The van der Waals surface area contributed by atoms with Gasteiger partial charge in [-0.25, -0.2) is 0 Å². The molecule has 3 nitrogen and oxygen atoms in total. The van der Waals surface area contributed by atoms with Gasteiger partial charge in [0.15, 0.2) is 0 Å². The van der Waals surface area contributed by atoms with Crippen molar-refractivity contribution in [3.8, 4) is 0 Å². The highest BCUT2D eigenvalue weighted by Gasteiger charge is 2.42. The van der Waals surface area contributed by atoms with E-state index in [2.05, 4.69) is 25.7 Å². The van der Waals surface area contributed by atoms with E-state index in [0.717, 1.165) is 45.1 Å². The number of rotatable bonds is 3. The third kappa shape index (κ3) is 3.13. The molecule has 1 saturated carbocycles. The lowest BCUT2D eigenvalue weighted by Gasteiger charge is -2.49. The van der Waals surface area contributed by atoms with E-state index >= 15 is 0 Å². The van der Waals surface area contributed by atoms with Crippen LogP contribution in [-0.4, -0.2) is 34.6 Å². The van der Waals surface area contributed by atoms with Gasteiger partial charge in [0.2, 0.25) is 5.91 Å². The van der Waals surface area contributed by atoms with Gasteiger partial charge in [-0.3, -0.25) is 4.79 Å². The Hall–Kier alpha value is -0.570. The first-order chi connectivity index (χ1) is 8.95. The van der Waals surface area contributed by atoms with Gasteiger partial charge in [0, 0.05) is 19.0 Å². The van der Waals surface area contributed by atoms with Gasteiger partial charge >= 0.3 is 0 Å². The van der Waals surface area contributed by atoms with Gasteiger partial charge in [0.25, 0.3) is 0 Å². The smallest absolute Gasteiger partial charge is 0.222 e. The van der Waals surface area contributed by atoms with Crippen molar-refractivity contribution >= 4 is 5.91 Å². The van der Waals surface area contributed by atoms with Gasteiger partial charge < -0.3 is 10.0 Å². The van der Waals surface area contributed by atoms with Gasteiger partial charge in [-0.1, -0.05) is 27.2 Å². The molecule has 19 heavy (non-hydrogen) atoms. The van der Waals surface area contributed by atoms with Gasteiger partial charge in [-0.15, -0.1) is 0 Å². The molecule has 110 valence electrons. The van der Waals surface area contributed by atoms with Crippen LogP contribution in [0, 0.1) is 11.3 Å². The average Bonchev–Trinajstić information content (AvgIpc) is 2.39. The van der Waals surface area contributed by atoms with Crippen LogP contribution in [0.25, 0.3) is 0 Å². The van der Waals surface area contributed by atoms with Crippen LogP contribution >= 0.6 is 0 Å². The number of carbonyl (C=O) groups is 1. The van der Waals surface area contributed by atoms with Crippen LogP contribution in [-0.2, 0) is 4.79 Å². The highest BCUT2D eigenvalue weighted by Crippen LogP contribution is 2.43. The molecule has 3 heteroatoms. The summed E-state index contributed by atoms with van der Waals surface area (Å²) in [4.78, 5) is 14.3. The summed E-state index contributed by atoms with van der Waals surface area (Å²) < 4.78 is 0. The summed E-state index contributed by atoms with van der Waals surface area (Å²) in [6.07, 6.45) is 6.49. The zero-order valence-electron chi connectivity index (χ0n) is 12.7. The summed E-state index contributed by atoms with van der Waals surface area (Å²) in [5.74, 6) is 0.838. The van der Waals surface area contributed by atoms with E-state index in [1.165, 1.54) is 0 Å². The van der Waals surface area contributed by atoms with Crippen molar-refractivity contribution in [1.29, 1.82) is 0 Å². The number of aliphatic hydroxyl groups excluding tert-OH is 1. The predicted octanol–water partition coefficient (Wildman–Crippen LogP) is 2.96. The maximum absolute atomic E-state index is 12.2.